The van der Waals surface area contributed by atoms with Crippen molar-refractivity contribution in [1.82, 2.24) is 24.6 Å². The zero-order valence-corrected chi connectivity index (χ0v) is 15.3. The van der Waals surface area contributed by atoms with Crippen LogP contribution in [0.5, 0.6) is 0 Å². The second-order valence-electron chi connectivity index (χ2n) is 7.16. The third-order valence-corrected chi connectivity index (χ3v) is 6.73. The summed E-state index contributed by atoms with van der Waals surface area (Å²) in [6.45, 7) is 0.667. The first-order valence-electron chi connectivity index (χ1n) is 9.02. The Kier molecular flexibility index (Phi) is 4.56. The Labute approximate surface area is 152 Å². The Morgan fingerprint density at radius 1 is 1.23 bits per heavy atom. The van der Waals surface area contributed by atoms with Crippen molar-refractivity contribution in [2.24, 2.45) is 0 Å². The van der Waals surface area contributed by atoms with Gasteiger partial charge in [-0.2, -0.15) is 5.10 Å². The third kappa shape index (κ3) is 3.82. The molecule has 1 amide bonds. The van der Waals surface area contributed by atoms with Crippen LogP contribution in [0.15, 0.2) is 30.9 Å². The average Bonchev–Trinajstić information content (AvgIpc) is 2.98. The molecule has 1 aliphatic carbocycles. The Morgan fingerprint density at radius 2 is 2.08 bits per heavy atom. The molecule has 2 fully saturated rings. The molecular formula is C17H23N5O3S. The summed E-state index contributed by atoms with van der Waals surface area (Å²) in [5, 5.41) is 7.05. The molecular weight excluding hydrogens is 354 g/mol. The van der Waals surface area contributed by atoms with Crippen molar-refractivity contribution >= 4 is 15.7 Å². The normalized spacial score (nSPS) is 24.6. The van der Waals surface area contributed by atoms with Gasteiger partial charge in [-0.05, 0) is 25.3 Å². The molecule has 1 aliphatic heterocycles. The van der Waals surface area contributed by atoms with Crippen molar-refractivity contribution in [3.05, 3.63) is 36.7 Å². The summed E-state index contributed by atoms with van der Waals surface area (Å²) in [7, 11) is -3.17. The van der Waals surface area contributed by atoms with Crippen molar-refractivity contribution in [1.29, 1.82) is 0 Å². The average molecular weight is 377 g/mol. The molecule has 1 saturated heterocycles. The van der Waals surface area contributed by atoms with Crippen LogP contribution in [0.1, 0.15) is 43.5 Å². The molecule has 0 bridgehead atoms. The summed E-state index contributed by atoms with van der Waals surface area (Å²) in [4.78, 5) is 16.7. The minimum atomic E-state index is -3.17. The van der Waals surface area contributed by atoms with Crippen molar-refractivity contribution in [3.8, 4) is 0 Å². The molecule has 2 atom stereocenters. The molecule has 0 radical (unpaired) electrons. The van der Waals surface area contributed by atoms with Gasteiger partial charge < -0.3 is 9.88 Å². The Morgan fingerprint density at radius 3 is 2.81 bits per heavy atom. The number of nitrogens with one attached hydrogen (secondary N) is 1. The van der Waals surface area contributed by atoms with E-state index in [2.05, 4.69) is 15.4 Å². The largest absolute Gasteiger partial charge is 0.350 e. The van der Waals surface area contributed by atoms with Crippen LogP contribution in [0.3, 0.4) is 0 Å². The second-order valence-corrected chi connectivity index (χ2v) is 9.31. The van der Waals surface area contributed by atoms with E-state index in [1.54, 1.807) is 17.1 Å². The summed E-state index contributed by atoms with van der Waals surface area (Å²) in [6, 6.07) is 1.17. The zero-order chi connectivity index (χ0) is 18.1. The standard InChI is InChI=1S/C17H23N5O3S/c23-16(3-1-8-21-9-2-6-19-21)20-14-11-26(24,25)12-15(14)22-10-7-18-17(22)13-4-5-13/h2,6-7,9-10,13-15H,1,3-5,8,11-12H2,(H,20,23)/t14-,15-/m1/s1. The number of amides is 1. The van der Waals surface area contributed by atoms with Crippen LogP contribution in [0.4, 0.5) is 0 Å². The Balaban J connectivity index is 1.40. The lowest BCUT2D eigenvalue weighted by Crippen LogP contribution is -2.41. The molecule has 0 aromatic carbocycles. The number of aromatic nitrogens is 4. The van der Waals surface area contributed by atoms with Gasteiger partial charge in [-0.3, -0.25) is 9.48 Å². The molecule has 2 aromatic heterocycles. The lowest BCUT2D eigenvalue weighted by molar-refractivity contribution is -0.122. The Bertz CT molecular complexity index is 870. The smallest absolute Gasteiger partial charge is 0.220 e. The maximum atomic E-state index is 12.3. The molecule has 2 aliphatic rings. The van der Waals surface area contributed by atoms with Crippen LogP contribution in [0, 0.1) is 0 Å². The van der Waals surface area contributed by atoms with E-state index < -0.39 is 15.9 Å². The molecule has 0 spiro atoms. The highest BCUT2D eigenvalue weighted by molar-refractivity contribution is 7.91. The number of carbonyl (C=O) groups excluding carboxylic acids is 1. The van der Waals surface area contributed by atoms with Crippen LogP contribution >= 0.6 is 0 Å². The molecule has 9 heteroatoms. The maximum absolute atomic E-state index is 12.3. The minimum Gasteiger partial charge on any atom is -0.350 e. The third-order valence-electron chi connectivity index (χ3n) is 5.02. The molecule has 1 saturated carbocycles. The predicted molar refractivity (Wildman–Crippen MR) is 95.3 cm³/mol. The molecule has 8 nitrogen and oxygen atoms in total. The highest BCUT2D eigenvalue weighted by Crippen LogP contribution is 2.41. The van der Waals surface area contributed by atoms with E-state index in [0.717, 1.165) is 18.7 Å². The molecule has 3 heterocycles. The van der Waals surface area contributed by atoms with Gasteiger partial charge in [0.2, 0.25) is 5.91 Å². The van der Waals surface area contributed by atoms with E-state index in [9.17, 15) is 13.2 Å². The second kappa shape index (κ2) is 6.86. The molecule has 140 valence electrons. The first-order valence-corrected chi connectivity index (χ1v) is 10.8. The fraction of sp³-hybridized carbons (Fsp3) is 0.588. The fourth-order valence-electron chi connectivity index (χ4n) is 3.62. The minimum absolute atomic E-state index is 0.00908. The van der Waals surface area contributed by atoms with Gasteiger partial charge in [-0.15, -0.1) is 0 Å². The van der Waals surface area contributed by atoms with E-state index in [0.29, 0.717) is 25.3 Å². The van der Waals surface area contributed by atoms with Gasteiger partial charge in [0.05, 0.1) is 23.6 Å². The summed E-state index contributed by atoms with van der Waals surface area (Å²) >= 11 is 0. The molecule has 1 N–H and O–H groups in total. The van der Waals surface area contributed by atoms with E-state index in [4.69, 9.17) is 0 Å². The number of imidazole rings is 1. The predicted octanol–water partition coefficient (Wildman–Crippen LogP) is 0.892. The topological polar surface area (TPSA) is 98.9 Å². The molecule has 0 unspecified atom stereocenters. The zero-order valence-electron chi connectivity index (χ0n) is 14.5. The molecule has 4 rings (SSSR count). The van der Waals surface area contributed by atoms with Gasteiger partial charge in [0, 0.05) is 43.7 Å². The van der Waals surface area contributed by atoms with E-state index in [-0.39, 0.29) is 23.5 Å². The highest BCUT2D eigenvalue weighted by atomic mass is 32.2. The number of rotatable bonds is 7. The quantitative estimate of drug-likeness (QED) is 0.773. The summed E-state index contributed by atoms with van der Waals surface area (Å²) in [5.41, 5.74) is 0. The lowest BCUT2D eigenvalue weighted by atomic mass is 10.1. The van der Waals surface area contributed by atoms with Crippen molar-refractivity contribution < 1.29 is 13.2 Å². The Hall–Kier alpha value is -2.16. The van der Waals surface area contributed by atoms with Gasteiger partial charge in [-0.25, -0.2) is 13.4 Å². The first-order chi connectivity index (χ1) is 12.5. The van der Waals surface area contributed by atoms with Crippen molar-refractivity contribution in [2.75, 3.05) is 11.5 Å². The van der Waals surface area contributed by atoms with Gasteiger partial charge >= 0.3 is 0 Å². The van der Waals surface area contributed by atoms with Gasteiger partial charge in [0.15, 0.2) is 9.84 Å². The van der Waals surface area contributed by atoms with Gasteiger partial charge in [0.25, 0.3) is 0 Å². The monoisotopic (exact) mass is 377 g/mol. The molecule has 2 aromatic rings. The number of hydrogen-bond acceptors (Lipinski definition) is 5. The maximum Gasteiger partial charge on any atom is 0.220 e. The van der Waals surface area contributed by atoms with E-state index >= 15 is 0 Å². The molecule has 26 heavy (non-hydrogen) atoms. The lowest BCUT2D eigenvalue weighted by Gasteiger charge is -2.22. The fourth-order valence-corrected chi connectivity index (χ4v) is 5.52. The van der Waals surface area contributed by atoms with Crippen molar-refractivity contribution in [3.63, 3.8) is 0 Å². The first kappa shape index (κ1) is 17.3. The van der Waals surface area contributed by atoms with Gasteiger partial charge in [-0.1, -0.05) is 0 Å². The van der Waals surface area contributed by atoms with Crippen LogP contribution in [0.25, 0.3) is 0 Å². The highest BCUT2D eigenvalue weighted by Gasteiger charge is 2.41. The van der Waals surface area contributed by atoms with Crippen molar-refractivity contribution in [2.45, 2.75) is 50.2 Å². The van der Waals surface area contributed by atoms with Gasteiger partial charge in [0.1, 0.15) is 5.82 Å². The summed E-state index contributed by atoms with van der Waals surface area (Å²) < 4.78 is 28.1. The van der Waals surface area contributed by atoms with Crippen LogP contribution in [-0.4, -0.2) is 51.2 Å². The SMILES string of the molecule is O=C(CCCn1cccn1)N[C@@H]1CS(=O)(=O)C[C@H]1n1ccnc1C1CC1. The number of carbonyl (C=O) groups is 1. The van der Waals surface area contributed by atoms with E-state index in [1.165, 1.54) is 0 Å². The summed E-state index contributed by atoms with van der Waals surface area (Å²) in [6.07, 6.45) is 10.3. The van der Waals surface area contributed by atoms with Crippen LogP contribution in [0.2, 0.25) is 0 Å². The number of hydrogen-bond donors (Lipinski definition) is 1. The summed E-state index contributed by atoms with van der Waals surface area (Å²) in [5.74, 6) is 1.31. The number of aryl methyl sites for hydroxylation is 1. The van der Waals surface area contributed by atoms with E-state index in [1.807, 2.05) is 23.0 Å². The van der Waals surface area contributed by atoms with Crippen LogP contribution in [-0.2, 0) is 21.2 Å². The number of nitrogens with zero attached hydrogens (tertiary/aromatic N) is 4. The number of sulfone groups is 1. The van der Waals surface area contributed by atoms with Crippen LogP contribution < -0.4 is 5.32 Å².